The van der Waals surface area contributed by atoms with Gasteiger partial charge in [0.15, 0.2) is 0 Å². The second kappa shape index (κ2) is 4.85. The standard InChI is InChI=1S/C11H9BrFN3O2/c1-6-10(5-11(17)18)14-15-16(6)7-2-3-9(13)8(12)4-7/h2-4H,5H2,1H3,(H,17,18). The molecule has 0 aliphatic rings. The Morgan fingerprint density at radius 3 is 2.89 bits per heavy atom. The monoisotopic (exact) mass is 313 g/mol. The number of carboxylic acids is 1. The smallest absolute Gasteiger partial charge is 0.309 e. The highest BCUT2D eigenvalue weighted by Crippen LogP contribution is 2.20. The molecule has 18 heavy (non-hydrogen) atoms. The van der Waals surface area contributed by atoms with Crippen LogP contribution in [0.25, 0.3) is 5.69 Å². The molecule has 2 aromatic rings. The molecule has 0 saturated carbocycles. The van der Waals surface area contributed by atoms with Crippen LogP contribution >= 0.6 is 15.9 Å². The fourth-order valence-electron chi connectivity index (χ4n) is 1.53. The summed E-state index contributed by atoms with van der Waals surface area (Å²) in [6.07, 6.45) is -0.186. The van der Waals surface area contributed by atoms with Gasteiger partial charge >= 0.3 is 5.97 Å². The first-order valence-corrected chi connectivity index (χ1v) is 5.86. The van der Waals surface area contributed by atoms with E-state index in [0.29, 0.717) is 21.5 Å². The van der Waals surface area contributed by atoms with Crippen LogP contribution in [0.4, 0.5) is 4.39 Å². The molecule has 94 valence electrons. The number of halogens is 2. The Kier molecular flexibility index (Phi) is 3.42. The minimum Gasteiger partial charge on any atom is -0.481 e. The highest BCUT2D eigenvalue weighted by Gasteiger charge is 2.13. The summed E-state index contributed by atoms with van der Waals surface area (Å²) in [6.45, 7) is 1.72. The van der Waals surface area contributed by atoms with Gasteiger partial charge in [-0.2, -0.15) is 0 Å². The van der Waals surface area contributed by atoms with E-state index in [4.69, 9.17) is 5.11 Å². The summed E-state index contributed by atoms with van der Waals surface area (Å²) in [5.74, 6) is -1.34. The van der Waals surface area contributed by atoms with Gasteiger partial charge in [-0.3, -0.25) is 4.79 Å². The summed E-state index contributed by atoms with van der Waals surface area (Å²) >= 11 is 3.08. The second-order valence-electron chi connectivity index (χ2n) is 3.70. The van der Waals surface area contributed by atoms with Crippen LogP contribution in [0.3, 0.4) is 0 Å². The van der Waals surface area contributed by atoms with Crippen LogP contribution in [0.15, 0.2) is 22.7 Å². The lowest BCUT2D eigenvalue weighted by molar-refractivity contribution is -0.136. The molecule has 0 atom stereocenters. The quantitative estimate of drug-likeness (QED) is 0.942. The average molecular weight is 314 g/mol. The first kappa shape index (κ1) is 12.7. The van der Waals surface area contributed by atoms with Crippen LogP contribution in [0.5, 0.6) is 0 Å². The zero-order valence-electron chi connectivity index (χ0n) is 9.39. The van der Waals surface area contributed by atoms with E-state index in [9.17, 15) is 9.18 Å². The minimum atomic E-state index is -0.967. The number of hydrogen-bond donors (Lipinski definition) is 1. The predicted molar refractivity (Wildman–Crippen MR) is 65.1 cm³/mol. The fraction of sp³-hybridized carbons (Fsp3) is 0.182. The molecule has 0 radical (unpaired) electrons. The van der Waals surface area contributed by atoms with Crippen molar-refractivity contribution in [1.29, 1.82) is 0 Å². The molecule has 1 heterocycles. The molecule has 2 rings (SSSR count). The molecule has 0 fully saturated rings. The molecule has 0 spiro atoms. The number of nitrogens with zero attached hydrogens (tertiary/aromatic N) is 3. The molecule has 5 nitrogen and oxygen atoms in total. The minimum absolute atomic E-state index is 0.186. The Bertz CT molecular complexity index is 612. The van der Waals surface area contributed by atoms with Crippen molar-refractivity contribution in [2.24, 2.45) is 0 Å². The summed E-state index contributed by atoms with van der Waals surface area (Å²) < 4.78 is 14.9. The second-order valence-corrected chi connectivity index (χ2v) is 4.56. The van der Waals surface area contributed by atoms with E-state index in [1.54, 1.807) is 19.1 Å². The number of rotatable bonds is 3. The van der Waals surface area contributed by atoms with Crippen molar-refractivity contribution < 1.29 is 14.3 Å². The molecule has 0 saturated heterocycles. The van der Waals surface area contributed by atoms with Gasteiger partial charge in [-0.25, -0.2) is 9.07 Å². The SMILES string of the molecule is Cc1c(CC(=O)O)nnn1-c1ccc(F)c(Br)c1. The van der Waals surface area contributed by atoms with E-state index in [1.165, 1.54) is 10.7 Å². The Morgan fingerprint density at radius 1 is 1.56 bits per heavy atom. The van der Waals surface area contributed by atoms with Gasteiger partial charge in [0.2, 0.25) is 0 Å². The maximum Gasteiger partial charge on any atom is 0.309 e. The zero-order valence-corrected chi connectivity index (χ0v) is 11.0. The number of carboxylic acid groups (broad SMARTS) is 1. The Balaban J connectivity index is 2.42. The van der Waals surface area contributed by atoms with Gasteiger partial charge in [-0.1, -0.05) is 5.21 Å². The largest absolute Gasteiger partial charge is 0.481 e. The molecule has 1 N–H and O–H groups in total. The van der Waals surface area contributed by atoms with Crippen molar-refractivity contribution in [3.05, 3.63) is 39.9 Å². The van der Waals surface area contributed by atoms with Gasteiger partial charge in [0, 0.05) is 0 Å². The molecule has 1 aromatic heterocycles. The van der Waals surface area contributed by atoms with Crippen LogP contribution in [0.2, 0.25) is 0 Å². The number of hydrogen-bond acceptors (Lipinski definition) is 3. The molecule has 0 aliphatic carbocycles. The Hall–Kier alpha value is -1.76. The highest BCUT2D eigenvalue weighted by molar-refractivity contribution is 9.10. The molecule has 1 aromatic carbocycles. The molecule has 0 aliphatic heterocycles. The van der Waals surface area contributed by atoms with Crippen LogP contribution < -0.4 is 0 Å². The number of aromatic nitrogens is 3. The van der Waals surface area contributed by atoms with Gasteiger partial charge in [-0.05, 0) is 41.1 Å². The lowest BCUT2D eigenvalue weighted by Crippen LogP contribution is -2.03. The highest BCUT2D eigenvalue weighted by atomic mass is 79.9. The third kappa shape index (κ3) is 2.40. The first-order chi connectivity index (χ1) is 8.49. The summed E-state index contributed by atoms with van der Waals surface area (Å²) in [5, 5.41) is 16.4. The summed E-state index contributed by atoms with van der Waals surface area (Å²) in [5.41, 5.74) is 1.63. The van der Waals surface area contributed by atoms with Crippen molar-refractivity contribution in [3.8, 4) is 5.69 Å². The molecule has 0 amide bonds. The van der Waals surface area contributed by atoms with Crippen LogP contribution in [-0.4, -0.2) is 26.1 Å². The van der Waals surface area contributed by atoms with Crippen molar-refractivity contribution >= 4 is 21.9 Å². The third-order valence-corrected chi connectivity index (χ3v) is 3.06. The first-order valence-electron chi connectivity index (χ1n) is 5.07. The number of carbonyl (C=O) groups is 1. The lowest BCUT2D eigenvalue weighted by Gasteiger charge is -2.04. The lowest BCUT2D eigenvalue weighted by atomic mass is 10.2. The maximum atomic E-state index is 13.1. The maximum absolute atomic E-state index is 13.1. The van der Waals surface area contributed by atoms with E-state index in [-0.39, 0.29) is 12.2 Å². The Labute approximate surface area is 110 Å². The van der Waals surface area contributed by atoms with E-state index >= 15 is 0 Å². The van der Waals surface area contributed by atoms with Gasteiger partial charge < -0.3 is 5.11 Å². The Morgan fingerprint density at radius 2 is 2.28 bits per heavy atom. The average Bonchev–Trinajstić information content (AvgIpc) is 2.64. The van der Waals surface area contributed by atoms with Gasteiger partial charge in [0.25, 0.3) is 0 Å². The van der Waals surface area contributed by atoms with Crippen LogP contribution in [0.1, 0.15) is 11.4 Å². The molecule has 0 unspecified atom stereocenters. The molecule has 0 bridgehead atoms. The number of aliphatic carboxylic acids is 1. The summed E-state index contributed by atoms with van der Waals surface area (Å²) in [6, 6.07) is 4.41. The van der Waals surface area contributed by atoms with Crippen LogP contribution in [-0.2, 0) is 11.2 Å². The fourth-order valence-corrected chi connectivity index (χ4v) is 1.90. The topological polar surface area (TPSA) is 68.0 Å². The van der Waals surface area contributed by atoms with E-state index in [1.807, 2.05) is 0 Å². The van der Waals surface area contributed by atoms with Crippen molar-refractivity contribution in [2.75, 3.05) is 0 Å². The zero-order chi connectivity index (χ0) is 13.3. The number of benzene rings is 1. The molecule has 7 heteroatoms. The van der Waals surface area contributed by atoms with Gasteiger partial charge in [0.05, 0.1) is 28.0 Å². The molecular weight excluding hydrogens is 305 g/mol. The van der Waals surface area contributed by atoms with Crippen molar-refractivity contribution in [1.82, 2.24) is 15.0 Å². The summed E-state index contributed by atoms with van der Waals surface area (Å²) in [7, 11) is 0. The van der Waals surface area contributed by atoms with E-state index < -0.39 is 5.97 Å². The van der Waals surface area contributed by atoms with Crippen molar-refractivity contribution in [3.63, 3.8) is 0 Å². The normalized spacial score (nSPS) is 10.6. The van der Waals surface area contributed by atoms with E-state index in [2.05, 4.69) is 26.2 Å². The van der Waals surface area contributed by atoms with Gasteiger partial charge in [0.1, 0.15) is 5.82 Å². The van der Waals surface area contributed by atoms with E-state index in [0.717, 1.165) is 0 Å². The van der Waals surface area contributed by atoms with Crippen molar-refractivity contribution in [2.45, 2.75) is 13.3 Å². The third-order valence-electron chi connectivity index (χ3n) is 2.46. The van der Waals surface area contributed by atoms with Gasteiger partial charge in [-0.15, -0.1) is 5.10 Å². The summed E-state index contributed by atoms with van der Waals surface area (Å²) in [4.78, 5) is 10.6. The molecular formula is C11H9BrFN3O2. The van der Waals surface area contributed by atoms with Crippen LogP contribution in [0, 0.1) is 12.7 Å². The predicted octanol–water partition coefficient (Wildman–Crippen LogP) is 2.10.